The van der Waals surface area contributed by atoms with Gasteiger partial charge >= 0.3 is 0 Å². The van der Waals surface area contributed by atoms with Crippen LogP contribution in [-0.2, 0) is 43.7 Å². The molecule has 9 heteroatoms. The Bertz CT molecular complexity index is 2040. The summed E-state index contributed by atoms with van der Waals surface area (Å²) < 4.78 is 40.9. The fourth-order valence-corrected chi connectivity index (χ4v) is 9.16. The van der Waals surface area contributed by atoms with Crippen LogP contribution < -0.4 is 5.32 Å². The summed E-state index contributed by atoms with van der Waals surface area (Å²) in [6.45, 7) is 6.47. The van der Waals surface area contributed by atoms with Crippen LogP contribution in [0, 0.1) is 32.1 Å². The topological polar surface area (TPSA) is 107 Å². The van der Waals surface area contributed by atoms with Gasteiger partial charge in [-0.05, 0) is 103 Å². The summed E-state index contributed by atoms with van der Waals surface area (Å²) in [6.07, 6.45) is 2.03. The highest BCUT2D eigenvalue weighted by molar-refractivity contribution is 7.98. The third-order valence-electron chi connectivity index (χ3n) is 8.26. The van der Waals surface area contributed by atoms with Crippen LogP contribution in [0.25, 0.3) is 11.1 Å². The first kappa shape index (κ1) is 32.2. The van der Waals surface area contributed by atoms with E-state index in [0.717, 1.165) is 44.5 Å². The summed E-state index contributed by atoms with van der Waals surface area (Å²) in [6, 6.07) is 25.4. The van der Waals surface area contributed by atoms with Crippen LogP contribution in [0.4, 0.5) is 0 Å². The largest absolute Gasteiger partial charge is 0.354 e. The Kier molecular flexibility index (Phi) is 9.04. The lowest BCUT2D eigenvalue weighted by Crippen LogP contribution is -2.52. The first-order chi connectivity index (χ1) is 21.3. The van der Waals surface area contributed by atoms with Crippen molar-refractivity contribution in [2.45, 2.75) is 56.0 Å². The molecular formula is C36H37N3O4S2. The molecular weight excluding hydrogens is 603 g/mol. The molecule has 1 heterocycles. The quantitative estimate of drug-likeness (QED) is 0.262. The molecule has 0 aliphatic carbocycles. The molecule has 0 spiro atoms. The summed E-state index contributed by atoms with van der Waals surface area (Å²) in [4.78, 5) is 14.8. The minimum absolute atomic E-state index is 0.238. The van der Waals surface area contributed by atoms with Crippen LogP contribution in [0.3, 0.4) is 0 Å². The molecule has 0 saturated heterocycles. The van der Waals surface area contributed by atoms with Crippen molar-refractivity contribution in [1.29, 1.82) is 5.26 Å². The molecule has 232 valence electrons. The highest BCUT2D eigenvalue weighted by Gasteiger charge is 2.37. The third-order valence-corrected chi connectivity index (χ3v) is 11.8. The number of fused-ring (bicyclic) bond motifs is 1. The van der Waals surface area contributed by atoms with Gasteiger partial charge in [0.2, 0.25) is 5.91 Å². The van der Waals surface area contributed by atoms with Crippen molar-refractivity contribution in [3.8, 4) is 17.2 Å². The summed E-state index contributed by atoms with van der Waals surface area (Å²) in [5, 5.41) is 12.3. The van der Waals surface area contributed by atoms with E-state index in [2.05, 4.69) is 17.3 Å². The summed E-state index contributed by atoms with van der Waals surface area (Å²) in [5.74, 6) is 4.00. The summed E-state index contributed by atoms with van der Waals surface area (Å²) in [5.41, 5.74) is 7.78. The smallest absolute Gasteiger partial charge is 0.238 e. The predicted octanol–water partition coefficient (Wildman–Crippen LogP) is 5.33. The van der Waals surface area contributed by atoms with Gasteiger partial charge in [0.1, 0.15) is 6.04 Å². The number of nitrogens with one attached hydrogen (secondary N) is 1. The van der Waals surface area contributed by atoms with Gasteiger partial charge in [-0.25, -0.2) is 16.9 Å². The van der Waals surface area contributed by atoms with Gasteiger partial charge in [-0.3, -0.25) is 4.79 Å². The average molecular weight is 640 g/mol. The lowest BCUT2D eigenvalue weighted by Gasteiger charge is -2.38. The van der Waals surface area contributed by atoms with Crippen molar-refractivity contribution in [2.75, 3.05) is 12.8 Å². The maximum atomic E-state index is 14.8. The van der Waals surface area contributed by atoms with Gasteiger partial charge in [0.15, 0.2) is 9.84 Å². The van der Waals surface area contributed by atoms with E-state index in [1.807, 2.05) is 69.3 Å². The molecule has 1 amide bonds. The van der Waals surface area contributed by atoms with Crippen LogP contribution in [0.5, 0.6) is 0 Å². The number of carbonyl (C=O) groups excluding carboxylic acids is 1. The number of amides is 1. The fraction of sp³-hybridized carbons (Fsp3) is 0.250. The molecule has 0 fully saturated rings. The highest BCUT2D eigenvalue weighted by Crippen LogP contribution is 2.35. The first-order valence-electron chi connectivity index (χ1n) is 14.7. The molecule has 0 aromatic heterocycles. The van der Waals surface area contributed by atoms with Crippen LogP contribution in [-0.4, -0.2) is 47.6 Å². The van der Waals surface area contributed by atoms with Crippen LogP contribution in [0.15, 0.2) is 88.7 Å². The maximum absolute atomic E-state index is 14.8. The Morgan fingerprint density at radius 3 is 2.31 bits per heavy atom. The molecule has 45 heavy (non-hydrogen) atoms. The Labute approximate surface area is 266 Å². The van der Waals surface area contributed by atoms with E-state index in [1.54, 1.807) is 34.6 Å². The Morgan fingerprint density at radius 1 is 0.933 bits per heavy atom. The van der Waals surface area contributed by atoms with Crippen LogP contribution >= 0.6 is 0 Å². The minimum atomic E-state index is -3.38. The molecule has 1 aliphatic heterocycles. The lowest BCUT2D eigenvalue weighted by atomic mass is 9.91. The second kappa shape index (κ2) is 12.6. The van der Waals surface area contributed by atoms with Gasteiger partial charge in [-0.15, -0.1) is 0 Å². The molecule has 1 N–H and O–H groups in total. The van der Waals surface area contributed by atoms with Crippen molar-refractivity contribution in [3.63, 3.8) is 0 Å². The lowest BCUT2D eigenvalue weighted by molar-refractivity contribution is -0.125. The third kappa shape index (κ3) is 6.89. The number of nitriles is 1. The number of carbonyl (C=O) groups is 1. The van der Waals surface area contributed by atoms with Crippen LogP contribution in [0.2, 0.25) is 0 Å². The average Bonchev–Trinajstić information content (AvgIpc) is 2.99. The summed E-state index contributed by atoms with van der Waals surface area (Å²) in [7, 11) is -6.46. The number of nitrogens with zero attached hydrogens (tertiary/aromatic N) is 2. The molecule has 2 unspecified atom stereocenters. The van der Waals surface area contributed by atoms with Gasteiger partial charge in [-0.1, -0.05) is 60.2 Å². The number of rotatable bonds is 8. The summed E-state index contributed by atoms with van der Waals surface area (Å²) >= 11 is 0. The molecule has 2 atom stereocenters. The zero-order chi connectivity index (χ0) is 32.5. The number of benzene rings is 4. The van der Waals surface area contributed by atoms with E-state index in [9.17, 15) is 22.7 Å². The van der Waals surface area contributed by atoms with Crippen LogP contribution in [0.1, 0.15) is 38.9 Å². The van der Waals surface area contributed by atoms with Crippen molar-refractivity contribution < 1.29 is 17.4 Å². The molecule has 0 radical (unpaired) electrons. The van der Waals surface area contributed by atoms with Crippen molar-refractivity contribution >= 4 is 31.3 Å². The first-order valence-corrected chi connectivity index (χ1v) is 18.3. The molecule has 0 saturated carbocycles. The second-order valence-corrected chi connectivity index (χ2v) is 16.0. The normalized spacial score (nSPS) is 16.3. The standard InChI is InChI=1S/C36H37N3O4S2/c1-24-16-25(2)35(26(3)17-24)44(4,41)39-23-31-13-12-30(29-10-7-11-33(20-29)45(5,42)43)19-32(31)21-34(39)36(40)38-15-14-27-8-6-9-28(18-27)22-37/h6-13,16-20,34H,4,14-15,21,23H2,1-3,5H3,(H,38,40). The Hall–Kier alpha value is -4.23. The zero-order valence-corrected chi connectivity index (χ0v) is 27.6. The van der Waals surface area contributed by atoms with E-state index < -0.39 is 25.6 Å². The van der Waals surface area contributed by atoms with Crippen molar-refractivity contribution in [1.82, 2.24) is 9.62 Å². The van der Waals surface area contributed by atoms with Crippen molar-refractivity contribution in [2.24, 2.45) is 0 Å². The molecule has 0 bridgehead atoms. The molecule has 5 rings (SSSR count). The van der Waals surface area contributed by atoms with E-state index in [1.165, 1.54) is 6.26 Å². The van der Waals surface area contributed by atoms with Gasteiger partial charge in [0.05, 0.1) is 31.1 Å². The van der Waals surface area contributed by atoms with Crippen molar-refractivity contribution in [3.05, 3.63) is 118 Å². The Balaban J connectivity index is 1.50. The SMILES string of the molecule is C=S(=O)(c1c(C)cc(C)cc1C)N1Cc2ccc(-c3cccc(S(C)(=O)=O)c3)cc2CC1C(=O)NCCc1cccc(C#N)c1. The Morgan fingerprint density at radius 2 is 1.62 bits per heavy atom. The molecule has 4 aromatic rings. The number of sulfone groups is 1. The molecule has 4 aromatic carbocycles. The second-order valence-electron chi connectivity index (χ2n) is 11.8. The van der Waals surface area contributed by atoms with E-state index >= 15 is 0 Å². The number of aryl methyl sites for hydroxylation is 3. The van der Waals surface area contributed by atoms with Gasteiger partial charge < -0.3 is 5.32 Å². The fourth-order valence-electron chi connectivity index (χ4n) is 6.21. The number of hydrogen-bond acceptors (Lipinski definition) is 5. The van der Waals surface area contributed by atoms with Gasteiger partial charge in [-0.2, -0.15) is 5.26 Å². The van der Waals surface area contributed by atoms with Gasteiger partial charge in [0.25, 0.3) is 0 Å². The highest BCUT2D eigenvalue weighted by atomic mass is 32.2. The molecule has 7 nitrogen and oxygen atoms in total. The maximum Gasteiger partial charge on any atom is 0.238 e. The van der Waals surface area contributed by atoms with E-state index in [0.29, 0.717) is 29.8 Å². The zero-order valence-electron chi connectivity index (χ0n) is 26.0. The minimum Gasteiger partial charge on any atom is -0.354 e. The van der Waals surface area contributed by atoms with Gasteiger partial charge in [0, 0.05) is 19.3 Å². The predicted molar refractivity (Wildman–Crippen MR) is 180 cm³/mol. The number of hydrogen-bond donors (Lipinski definition) is 1. The van der Waals surface area contributed by atoms with E-state index in [-0.39, 0.29) is 17.3 Å². The van der Waals surface area contributed by atoms with E-state index in [4.69, 9.17) is 0 Å². The monoisotopic (exact) mass is 639 g/mol. The molecule has 1 aliphatic rings.